The van der Waals surface area contributed by atoms with Crippen molar-refractivity contribution >= 4 is 51.4 Å². The van der Waals surface area contributed by atoms with Crippen molar-refractivity contribution < 1.29 is 19.1 Å². The van der Waals surface area contributed by atoms with Gasteiger partial charge in [-0.05, 0) is 49.4 Å². The molecule has 1 aliphatic rings. The Bertz CT molecular complexity index is 764. The Morgan fingerprint density at radius 3 is 2.84 bits per heavy atom. The molecule has 0 aliphatic carbocycles. The number of amides is 1. The normalized spacial score (nSPS) is 19.4. The van der Waals surface area contributed by atoms with Crippen LogP contribution in [-0.2, 0) is 14.3 Å². The summed E-state index contributed by atoms with van der Waals surface area (Å²) < 4.78 is 11.6. The van der Waals surface area contributed by atoms with E-state index < -0.39 is 6.10 Å². The molecule has 25 heavy (non-hydrogen) atoms. The number of halogens is 1. The van der Waals surface area contributed by atoms with E-state index in [0.29, 0.717) is 30.1 Å². The molecule has 0 saturated carbocycles. The van der Waals surface area contributed by atoms with Gasteiger partial charge >= 0.3 is 5.97 Å². The van der Waals surface area contributed by atoms with Gasteiger partial charge in [0.15, 0.2) is 0 Å². The minimum atomic E-state index is -0.452. The highest BCUT2D eigenvalue weighted by Crippen LogP contribution is 2.29. The highest BCUT2D eigenvalue weighted by atomic mass is 35.5. The zero-order valence-corrected chi connectivity index (χ0v) is 15.5. The number of thiophene rings is 1. The molecule has 1 aliphatic heterocycles. The quantitative estimate of drug-likeness (QED) is 0.773. The van der Waals surface area contributed by atoms with Crippen LogP contribution in [-0.4, -0.2) is 37.2 Å². The second kappa shape index (κ2) is 8.62. The van der Waals surface area contributed by atoms with Gasteiger partial charge in [-0.15, -0.1) is 23.7 Å². The summed E-state index contributed by atoms with van der Waals surface area (Å²) in [5.41, 5.74) is 6.25. The highest BCUT2D eigenvalue weighted by molar-refractivity contribution is 7.20. The number of rotatable bonds is 5. The first kappa shape index (κ1) is 19.7. The first-order valence-electron chi connectivity index (χ1n) is 7.97. The predicted molar refractivity (Wildman–Crippen MR) is 101 cm³/mol. The van der Waals surface area contributed by atoms with Crippen molar-refractivity contribution in [3.63, 3.8) is 0 Å². The maximum atomic E-state index is 12.3. The summed E-state index contributed by atoms with van der Waals surface area (Å²) in [4.78, 5) is 24.6. The van der Waals surface area contributed by atoms with E-state index in [1.807, 2.05) is 18.2 Å². The lowest BCUT2D eigenvalue weighted by Gasteiger charge is -2.12. The highest BCUT2D eigenvalue weighted by Gasteiger charge is 2.29. The van der Waals surface area contributed by atoms with Crippen molar-refractivity contribution in [1.82, 2.24) is 0 Å². The van der Waals surface area contributed by atoms with Gasteiger partial charge in [-0.3, -0.25) is 4.79 Å². The molecule has 0 bridgehead atoms. The molecule has 3 N–H and O–H groups in total. The first-order valence-corrected chi connectivity index (χ1v) is 8.79. The Morgan fingerprint density at radius 2 is 2.16 bits per heavy atom. The number of fused-ring (bicyclic) bond motifs is 1. The van der Waals surface area contributed by atoms with Crippen LogP contribution in [0, 0.1) is 0 Å². The number of carbonyl (C=O) groups is 2. The Morgan fingerprint density at radius 1 is 1.36 bits per heavy atom. The lowest BCUT2D eigenvalue weighted by molar-refractivity contribution is -0.126. The molecule has 2 heterocycles. The minimum Gasteiger partial charge on any atom is -0.462 e. The van der Waals surface area contributed by atoms with Crippen molar-refractivity contribution in [3.8, 4) is 0 Å². The third kappa shape index (κ3) is 4.49. The Hall–Kier alpha value is -1.67. The maximum Gasteiger partial charge on any atom is 0.348 e. The second-order valence-corrected chi connectivity index (χ2v) is 6.72. The van der Waals surface area contributed by atoms with E-state index in [1.54, 1.807) is 13.0 Å². The van der Waals surface area contributed by atoms with Gasteiger partial charge in [-0.2, -0.15) is 0 Å². The fourth-order valence-corrected chi connectivity index (χ4v) is 3.66. The predicted octanol–water partition coefficient (Wildman–Crippen LogP) is 2.94. The molecule has 1 amide bonds. The number of hydrogen-bond donors (Lipinski definition) is 2. The van der Waals surface area contributed by atoms with Crippen LogP contribution in [0.25, 0.3) is 10.1 Å². The van der Waals surface area contributed by atoms with Crippen LogP contribution < -0.4 is 11.1 Å². The number of carbonyl (C=O) groups excluding carboxylic acids is 2. The molecular weight excluding hydrogens is 364 g/mol. The summed E-state index contributed by atoms with van der Waals surface area (Å²) in [6.07, 6.45) is 1.00. The molecule has 6 nitrogen and oxygen atoms in total. The fraction of sp³-hybridized carbons (Fsp3) is 0.412. The van der Waals surface area contributed by atoms with Gasteiger partial charge in [0, 0.05) is 16.9 Å². The Labute approximate surface area is 156 Å². The van der Waals surface area contributed by atoms with Gasteiger partial charge in [0.05, 0.1) is 12.7 Å². The third-order valence-corrected chi connectivity index (χ3v) is 5.02. The van der Waals surface area contributed by atoms with Crippen molar-refractivity contribution in [1.29, 1.82) is 0 Å². The van der Waals surface area contributed by atoms with Crippen LogP contribution in [0.5, 0.6) is 0 Å². The van der Waals surface area contributed by atoms with Gasteiger partial charge in [-0.1, -0.05) is 0 Å². The molecule has 1 fully saturated rings. The van der Waals surface area contributed by atoms with E-state index in [9.17, 15) is 9.59 Å². The van der Waals surface area contributed by atoms with E-state index in [0.717, 1.165) is 16.5 Å². The van der Waals surface area contributed by atoms with Gasteiger partial charge in [0.2, 0.25) is 0 Å². The van der Waals surface area contributed by atoms with E-state index in [4.69, 9.17) is 15.2 Å². The number of anilines is 1. The van der Waals surface area contributed by atoms with Crippen molar-refractivity contribution in [2.75, 3.05) is 18.5 Å². The van der Waals surface area contributed by atoms with Gasteiger partial charge in [0.25, 0.3) is 5.91 Å². The zero-order valence-electron chi connectivity index (χ0n) is 13.8. The van der Waals surface area contributed by atoms with Crippen molar-refractivity contribution in [2.24, 2.45) is 5.73 Å². The lowest BCUT2D eigenvalue weighted by atomic mass is 10.2. The summed E-state index contributed by atoms with van der Waals surface area (Å²) >= 11 is 1.38. The summed E-state index contributed by atoms with van der Waals surface area (Å²) in [6, 6.07) is 7.34. The number of esters is 1. The number of nitrogens with one attached hydrogen (secondary N) is 1. The molecule has 2 atom stereocenters. The summed E-state index contributed by atoms with van der Waals surface area (Å²) in [5.74, 6) is -0.484. The van der Waals surface area contributed by atoms with Gasteiger partial charge in [-0.25, -0.2) is 4.79 Å². The molecule has 0 unspecified atom stereocenters. The number of ether oxygens (including phenoxy) is 2. The largest absolute Gasteiger partial charge is 0.462 e. The van der Waals surface area contributed by atoms with E-state index in [2.05, 4.69) is 5.32 Å². The minimum absolute atomic E-state index is 0. The molecule has 1 aromatic heterocycles. The molecule has 136 valence electrons. The fourth-order valence-electron chi connectivity index (χ4n) is 2.72. The summed E-state index contributed by atoms with van der Waals surface area (Å²) in [6.45, 7) is 2.56. The molecule has 0 radical (unpaired) electrons. The first-order chi connectivity index (χ1) is 11.6. The molecular formula is C17H21ClN2O4S. The third-order valence-electron chi connectivity index (χ3n) is 3.92. The van der Waals surface area contributed by atoms with Crippen molar-refractivity contribution in [3.05, 3.63) is 29.1 Å². The number of hydrogen-bond acceptors (Lipinski definition) is 6. The Kier molecular flexibility index (Phi) is 6.78. The standard InChI is InChI=1S/C17H20N2O4S.ClH/c1-2-22-17(21)15-8-10-7-11(3-6-14(10)24-15)19-16(20)13-5-4-12(9-18)23-13;/h3,6-8,12-13H,2,4-5,9,18H2,1H3,(H,19,20);1H/t12-,13+;/m1./s1. The topological polar surface area (TPSA) is 90.7 Å². The van der Waals surface area contributed by atoms with E-state index >= 15 is 0 Å². The van der Waals surface area contributed by atoms with Crippen LogP contribution in [0.4, 0.5) is 5.69 Å². The van der Waals surface area contributed by atoms with Crippen LogP contribution in [0.2, 0.25) is 0 Å². The smallest absolute Gasteiger partial charge is 0.348 e. The Balaban J connectivity index is 0.00000225. The monoisotopic (exact) mass is 384 g/mol. The molecule has 1 saturated heterocycles. The second-order valence-electron chi connectivity index (χ2n) is 5.63. The molecule has 0 spiro atoms. The average molecular weight is 385 g/mol. The average Bonchev–Trinajstić information content (AvgIpc) is 3.21. The van der Waals surface area contributed by atoms with Crippen LogP contribution in [0.1, 0.15) is 29.4 Å². The van der Waals surface area contributed by atoms with Gasteiger partial charge < -0.3 is 20.5 Å². The van der Waals surface area contributed by atoms with Crippen LogP contribution >= 0.6 is 23.7 Å². The number of benzene rings is 1. The SMILES string of the molecule is CCOC(=O)c1cc2cc(NC(=O)[C@@H]3CC[C@H](CN)O3)ccc2s1.Cl. The van der Waals surface area contributed by atoms with Crippen molar-refractivity contribution in [2.45, 2.75) is 32.0 Å². The number of nitrogens with two attached hydrogens (primary N) is 1. The van der Waals surface area contributed by atoms with E-state index in [-0.39, 0.29) is 30.4 Å². The lowest BCUT2D eigenvalue weighted by Crippen LogP contribution is -2.29. The molecule has 2 aromatic rings. The van der Waals surface area contributed by atoms with Crippen LogP contribution in [0.3, 0.4) is 0 Å². The van der Waals surface area contributed by atoms with Gasteiger partial charge in [0.1, 0.15) is 11.0 Å². The molecule has 8 heteroatoms. The maximum absolute atomic E-state index is 12.3. The summed E-state index contributed by atoms with van der Waals surface area (Å²) in [5, 5.41) is 3.76. The molecule has 3 rings (SSSR count). The molecule has 1 aromatic carbocycles. The zero-order chi connectivity index (χ0) is 17.1. The van der Waals surface area contributed by atoms with Crippen LogP contribution in [0.15, 0.2) is 24.3 Å². The van der Waals surface area contributed by atoms with E-state index in [1.165, 1.54) is 11.3 Å². The summed E-state index contributed by atoms with van der Waals surface area (Å²) in [7, 11) is 0.